The van der Waals surface area contributed by atoms with Crippen LogP contribution in [0.2, 0.25) is 0 Å². The van der Waals surface area contributed by atoms with Gasteiger partial charge in [0.15, 0.2) is 0 Å². The van der Waals surface area contributed by atoms with Crippen LogP contribution in [0.1, 0.15) is 73.6 Å². The third-order valence-electron chi connectivity index (χ3n) is 3.57. The molecule has 0 aliphatic carbocycles. The van der Waals surface area contributed by atoms with Crippen LogP contribution in [0, 0.1) is 17.8 Å². The van der Waals surface area contributed by atoms with E-state index in [9.17, 15) is 0 Å². The van der Waals surface area contributed by atoms with Gasteiger partial charge in [0.05, 0.1) is 0 Å². The van der Waals surface area contributed by atoms with Crippen molar-refractivity contribution < 1.29 is 0 Å². The molecule has 106 valence electrons. The van der Waals surface area contributed by atoms with Crippen LogP contribution in [0.3, 0.4) is 0 Å². The highest BCUT2D eigenvalue weighted by Crippen LogP contribution is 2.26. The largest absolute Gasteiger partial charge is 0.0956 e. The highest BCUT2D eigenvalue weighted by Gasteiger charge is 2.12. The molecule has 0 N–H and O–H groups in total. The van der Waals surface area contributed by atoms with Gasteiger partial charge in [0.1, 0.15) is 0 Å². The molecule has 0 unspecified atom stereocenters. The normalized spacial score (nSPS) is 12.8. The van der Waals surface area contributed by atoms with E-state index in [1.165, 1.54) is 30.4 Å². The minimum Gasteiger partial charge on any atom is -0.0956 e. The topological polar surface area (TPSA) is 0 Å². The average molecular weight is 250 g/mol. The van der Waals surface area contributed by atoms with Gasteiger partial charge in [-0.1, -0.05) is 59.8 Å². The van der Waals surface area contributed by atoms with Crippen LogP contribution < -0.4 is 0 Å². The predicted octanol–water partition coefficient (Wildman–Crippen LogP) is 6.39. The van der Waals surface area contributed by atoms with Gasteiger partial charge in [0.25, 0.3) is 0 Å². The van der Waals surface area contributed by atoms with E-state index in [2.05, 4.69) is 54.2 Å². The van der Waals surface area contributed by atoms with Gasteiger partial charge in [-0.3, -0.25) is 0 Å². The molecule has 0 atom stereocenters. The third-order valence-corrected chi connectivity index (χ3v) is 3.57. The Hall–Kier alpha value is -0.520. The summed E-state index contributed by atoms with van der Waals surface area (Å²) in [6.45, 7) is 18.0. The SMILES string of the molecule is C=C(CC)/C(=C/CC(CC(C)C)CC(C)C)CC. The van der Waals surface area contributed by atoms with Gasteiger partial charge in [-0.2, -0.15) is 0 Å². The Labute approximate surface area is 116 Å². The van der Waals surface area contributed by atoms with Crippen molar-refractivity contribution in [2.75, 3.05) is 0 Å². The van der Waals surface area contributed by atoms with Crippen molar-refractivity contribution in [3.63, 3.8) is 0 Å². The molecule has 0 aromatic heterocycles. The van der Waals surface area contributed by atoms with Gasteiger partial charge < -0.3 is 0 Å². The quantitative estimate of drug-likeness (QED) is 0.416. The monoisotopic (exact) mass is 250 g/mol. The molecular weight excluding hydrogens is 216 g/mol. The lowest BCUT2D eigenvalue weighted by Gasteiger charge is -2.20. The fourth-order valence-corrected chi connectivity index (χ4v) is 2.70. The maximum Gasteiger partial charge on any atom is -0.0308 e. The molecule has 0 fully saturated rings. The molecule has 0 aliphatic heterocycles. The van der Waals surface area contributed by atoms with Crippen molar-refractivity contribution in [3.05, 3.63) is 23.8 Å². The summed E-state index contributed by atoms with van der Waals surface area (Å²) in [5.74, 6) is 2.46. The van der Waals surface area contributed by atoms with Gasteiger partial charge in [-0.25, -0.2) is 0 Å². The Kier molecular flexibility index (Phi) is 9.14. The Morgan fingerprint density at radius 1 is 0.944 bits per heavy atom. The Balaban J connectivity index is 4.54. The number of hydrogen-bond donors (Lipinski definition) is 0. The Morgan fingerprint density at radius 3 is 1.78 bits per heavy atom. The van der Waals surface area contributed by atoms with E-state index in [0.29, 0.717) is 0 Å². The van der Waals surface area contributed by atoms with E-state index in [1.54, 1.807) is 0 Å². The Morgan fingerprint density at radius 2 is 1.44 bits per heavy atom. The highest BCUT2D eigenvalue weighted by atomic mass is 14.2. The highest BCUT2D eigenvalue weighted by molar-refractivity contribution is 5.27. The second kappa shape index (κ2) is 9.42. The summed E-state index contributed by atoms with van der Waals surface area (Å²) < 4.78 is 0. The summed E-state index contributed by atoms with van der Waals surface area (Å²) in [7, 11) is 0. The minimum atomic E-state index is 0.807. The molecule has 0 spiro atoms. The summed E-state index contributed by atoms with van der Waals surface area (Å²) >= 11 is 0. The smallest absolute Gasteiger partial charge is 0.0308 e. The van der Waals surface area contributed by atoms with Crippen LogP contribution >= 0.6 is 0 Å². The molecular formula is C18H34. The molecule has 0 bridgehead atoms. The second-order valence-electron chi connectivity index (χ2n) is 6.40. The van der Waals surface area contributed by atoms with E-state index < -0.39 is 0 Å². The molecule has 0 aromatic rings. The lowest BCUT2D eigenvalue weighted by Crippen LogP contribution is -2.07. The lowest BCUT2D eigenvalue weighted by atomic mass is 9.86. The summed E-state index contributed by atoms with van der Waals surface area (Å²) in [5.41, 5.74) is 2.81. The molecule has 0 saturated carbocycles. The van der Waals surface area contributed by atoms with Crippen molar-refractivity contribution in [1.82, 2.24) is 0 Å². The first-order valence-electron chi connectivity index (χ1n) is 7.77. The van der Waals surface area contributed by atoms with E-state index in [4.69, 9.17) is 0 Å². The fourth-order valence-electron chi connectivity index (χ4n) is 2.70. The molecule has 0 saturated heterocycles. The van der Waals surface area contributed by atoms with Crippen molar-refractivity contribution in [2.24, 2.45) is 17.8 Å². The second-order valence-corrected chi connectivity index (χ2v) is 6.40. The van der Waals surface area contributed by atoms with Gasteiger partial charge in [0, 0.05) is 0 Å². The molecule has 0 amide bonds. The molecule has 0 heteroatoms. The molecule has 0 aliphatic rings. The van der Waals surface area contributed by atoms with Crippen LogP contribution in [0.5, 0.6) is 0 Å². The first-order chi connectivity index (χ1) is 8.40. The average Bonchev–Trinajstić information content (AvgIpc) is 2.27. The maximum absolute atomic E-state index is 4.18. The molecule has 0 nitrogen and oxygen atoms in total. The summed E-state index contributed by atoms with van der Waals surface area (Å²) in [5, 5.41) is 0. The van der Waals surface area contributed by atoms with Crippen molar-refractivity contribution >= 4 is 0 Å². The first-order valence-corrected chi connectivity index (χ1v) is 7.77. The Bertz CT molecular complexity index is 245. The standard InChI is InChI=1S/C18H34/c1-8-16(7)18(9-2)11-10-17(12-14(3)4)13-15(5)6/h11,14-15,17H,7-10,12-13H2,1-6H3/b18-11+. The van der Waals surface area contributed by atoms with E-state index in [0.717, 1.165) is 30.6 Å². The first kappa shape index (κ1) is 17.5. The van der Waals surface area contributed by atoms with Crippen molar-refractivity contribution in [3.8, 4) is 0 Å². The van der Waals surface area contributed by atoms with Crippen LogP contribution in [-0.2, 0) is 0 Å². The van der Waals surface area contributed by atoms with Crippen LogP contribution in [0.25, 0.3) is 0 Å². The lowest BCUT2D eigenvalue weighted by molar-refractivity contribution is 0.345. The van der Waals surface area contributed by atoms with Crippen molar-refractivity contribution in [1.29, 1.82) is 0 Å². The fraction of sp³-hybridized carbons (Fsp3) is 0.778. The summed E-state index contributed by atoms with van der Waals surface area (Å²) in [6.07, 6.45) is 8.61. The number of hydrogen-bond acceptors (Lipinski definition) is 0. The van der Waals surface area contributed by atoms with Gasteiger partial charge in [-0.15, -0.1) is 0 Å². The maximum atomic E-state index is 4.18. The third kappa shape index (κ3) is 7.74. The van der Waals surface area contributed by atoms with E-state index in [1.807, 2.05) is 0 Å². The predicted molar refractivity (Wildman–Crippen MR) is 84.8 cm³/mol. The number of allylic oxidation sites excluding steroid dienone is 3. The summed E-state index contributed by atoms with van der Waals surface area (Å²) in [4.78, 5) is 0. The zero-order chi connectivity index (χ0) is 14.1. The molecule has 0 rings (SSSR count). The van der Waals surface area contributed by atoms with E-state index >= 15 is 0 Å². The summed E-state index contributed by atoms with van der Waals surface area (Å²) in [6, 6.07) is 0. The van der Waals surface area contributed by atoms with Crippen LogP contribution in [0.4, 0.5) is 0 Å². The molecule has 0 aromatic carbocycles. The molecule has 0 heterocycles. The van der Waals surface area contributed by atoms with Gasteiger partial charge in [0.2, 0.25) is 0 Å². The molecule has 0 radical (unpaired) electrons. The molecule has 18 heavy (non-hydrogen) atoms. The van der Waals surface area contributed by atoms with E-state index in [-0.39, 0.29) is 0 Å². The van der Waals surface area contributed by atoms with Crippen molar-refractivity contribution in [2.45, 2.75) is 73.6 Å². The van der Waals surface area contributed by atoms with Crippen LogP contribution in [0.15, 0.2) is 23.8 Å². The zero-order valence-electron chi connectivity index (χ0n) is 13.6. The minimum absolute atomic E-state index is 0.807. The van der Waals surface area contributed by atoms with Gasteiger partial charge >= 0.3 is 0 Å². The van der Waals surface area contributed by atoms with Crippen LogP contribution in [-0.4, -0.2) is 0 Å². The number of rotatable bonds is 9. The van der Waals surface area contributed by atoms with Gasteiger partial charge in [-0.05, 0) is 55.4 Å². The zero-order valence-corrected chi connectivity index (χ0v) is 13.6.